The summed E-state index contributed by atoms with van der Waals surface area (Å²) in [4.78, 5) is 0.428. The Morgan fingerprint density at radius 2 is 1.78 bits per heavy atom. The van der Waals surface area contributed by atoms with Crippen molar-refractivity contribution in [3.05, 3.63) is 42.5 Å². The summed E-state index contributed by atoms with van der Waals surface area (Å²) >= 11 is 0. The fraction of sp³-hybridized carbons (Fsp3) is 0.467. The van der Waals surface area contributed by atoms with E-state index in [0.717, 1.165) is 25.7 Å². The van der Waals surface area contributed by atoms with Crippen molar-refractivity contribution in [3.63, 3.8) is 0 Å². The molecule has 0 bridgehead atoms. The van der Waals surface area contributed by atoms with Crippen molar-refractivity contribution in [2.24, 2.45) is 0 Å². The maximum absolute atomic E-state index is 12.7. The van der Waals surface area contributed by atoms with Crippen LogP contribution < -0.4 is 0 Å². The lowest BCUT2D eigenvalue weighted by atomic mass is 9.97. The summed E-state index contributed by atoms with van der Waals surface area (Å²) in [5.74, 6) is 0. The molecule has 1 atom stereocenters. The van der Waals surface area contributed by atoms with E-state index in [1.807, 2.05) is 25.1 Å². The minimum Gasteiger partial charge on any atom is -0.223 e. The molecule has 0 saturated heterocycles. The zero-order valence-corrected chi connectivity index (χ0v) is 11.6. The molecule has 0 saturated carbocycles. The number of rotatable bonds is 2. The average Bonchev–Trinajstić information content (AvgIpc) is 2.35. The van der Waals surface area contributed by atoms with Crippen molar-refractivity contribution in [3.8, 4) is 0 Å². The SMILES string of the molecule is CC1(S(=O)(=O)c2ccccc2)/C=C\CCCCC1. The molecule has 1 aliphatic carbocycles. The maximum atomic E-state index is 12.7. The molecule has 0 radical (unpaired) electrons. The van der Waals surface area contributed by atoms with E-state index in [1.54, 1.807) is 24.3 Å². The average molecular weight is 264 g/mol. The molecule has 3 heteroatoms. The zero-order valence-electron chi connectivity index (χ0n) is 10.8. The number of sulfone groups is 1. The van der Waals surface area contributed by atoms with Gasteiger partial charge in [0.2, 0.25) is 0 Å². The monoisotopic (exact) mass is 264 g/mol. The van der Waals surface area contributed by atoms with Crippen LogP contribution in [0.15, 0.2) is 47.4 Å². The van der Waals surface area contributed by atoms with Gasteiger partial charge in [0.15, 0.2) is 9.84 Å². The minimum absolute atomic E-state index is 0.428. The van der Waals surface area contributed by atoms with Crippen LogP contribution in [0.1, 0.15) is 39.0 Å². The van der Waals surface area contributed by atoms with E-state index in [1.165, 1.54) is 0 Å². The molecule has 2 nitrogen and oxygen atoms in total. The highest BCUT2D eigenvalue weighted by Gasteiger charge is 2.37. The van der Waals surface area contributed by atoms with Crippen molar-refractivity contribution in [1.82, 2.24) is 0 Å². The lowest BCUT2D eigenvalue weighted by molar-refractivity contribution is 0.520. The van der Waals surface area contributed by atoms with Gasteiger partial charge in [0.25, 0.3) is 0 Å². The van der Waals surface area contributed by atoms with Crippen LogP contribution in [0.25, 0.3) is 0 Å². The molecular formula is C15H20O2S. The van der Waals surface area contributed by atoms with E-state index in [9.17, 15) is 8.42 Å². The summed E-state index contributed by atoms with van der Waals surface area (Å²) in [7, 11) is -3.29. The summed E-state index contributed by atoms with van der Waals surface area (Å²) < 4.78 is 24.7. The molecule has 98 valence electrons. The van der Waals surface area contributed by atoms with Gasteiger partial charge in [-0.2, -0.15) is 0 Å². The highest BCUT2D eigenvalue weighted by atomic mass is 32.2. The molecule has 0 aromatic heterocycles. The molecule has 0 spiro atoms. The van der Waals surface area contributed by atoms with Crippen LogP contribution >= 0.6 is 0 Å². The first-order chi connectivity index (χ1) is 8.56. The maximum Gasteiger partial charge on any atom is 0.187 e. The van der Waals surface area contributed by atoms with Gasteiger partial charge in [-0.25, -0.2) is 8.42 Å². The highest BCUT2D eigenvalue weighted by Crippen LogP contribution is 2.33. The second-order valence-electron chi connectivity index (χ2n) is 5.13. The Morgan fingerprint density at radius 3 is 2.50 bits per heavy atom. The van der Waals surface area contributed by atoms with Crippen molar-refractivity contribution >= 4 is 9.84 Å². The number of allylic oxidation sites excluding steroid dienone is 1. The lowest BCUT2D eigenvalue weighted by Crippen LogP contribution is -2.33. The van der Waals surface area contributed by atoms with Gasteiger partial charge in [0.05, 0.1) is 9.64 Å². The highest BCUT2D eigenvalue weighted by molar-refractivity contribution is 7.93. The Hall–Kier alpha value is -1.09. The summed E-state index contributed by atoms with van der Waals surface area (Å²) in [6.07, 6.45) is 8.88. The Labute approximate surface area is 110 Å². The number of benzene rings is 1. The van der Waals surface area contributed by atoms with Gasteiger partial charge in [-0.05, 0) is 38.3 Å². The van der Waals surface area contributed by atoms with E-state index in [-0.39, 0.29) is 0 Å². The summed E-state index contributed by atoms with van der Waals surface area (Å²) in [6, 6.07) is 8.78. The normalized spacial score (nSPS) is 27.2. The Balaban J connectivity index is 2.41. The third-order valence-corrected chi connectivity index (χ3v) is 6.14. The molecule has 0 aliphatic heterocycles. The topological polar surface area (TPSA) is 34.1 Å². The fourth-order valence-corrected chi connectivity index (χ4v) is 4.17. The van der Waals surface area contributed by atoms with Gasteiger partial charge in [-0.1, -0.05) is 43.2 Å². The first kappa shape index (κ1) is 13.3. The molecule has 0 heterocycles. The molecule has 1 aliphatic rings. The lowest BCUT2D eigenvalue weighted by Gasteiger charge is -2.27. The van der Waals surface area contributed by atoms with Crippen LogP contribution in [0.4, 0.5) is 0 Å². The molecule has 1 aromatic rings. The van der Waals surface area contributed by atoms with Crippen molar-refractivity contribution in [2.45, 2.75) is 48.7 Å². The third kappa shape index (κ3) is 2.51. The summed E-state index contributed by atoms with van der Waals surface area (Å²) in [5, 5.41) is 0. The first-order valence-corrected chi connectivity index (χ1v) is 8.02. The quantitative estimate of drug-likeness (QED) is 0.763. The van der Waals surface area contributed by atoms with Gasteiger partial charge in [0.1, 0.15) is 0 Å². The smallest absolute Gasteiger partial charge is 0.187 e. The molecule has 0 fully saturated rings. The predicted octanol–water partition coefficient (Wildman–Crippen LogP) is 3.74. The standard InChI is InChI=1S/C15H20O2S/c1-15(12-8-3-2-4-9-13-15)18(16,17)14-10-6-5-7-11-14/h5-8,10-12H,2-4,9,13H2,1H3/b12-8-. The zero-order chi connectivity index (χ0) is 13.1. The Morgan fingerprint density at radius 1 is 1.06 bits per heavy atom. The molecule has 0 amide bonds. The second-order valence-corrected chi connectivity index (χ2v) is 7.54. The van der Waals surface area contributed by atoms with Gasteiger partial charge in [-0.3, -0.25) is 0 Å². The molecule has 1 aromatic carbocycles. The largest absolute Gasteiger partial charge is 0.223 e. The van der Waals surface area contributed by atoms with Gasteiger partial charge < -0.3 is 0 Å². The summed E-state index contributed by atoms with van der Waals surface area (Å²) in [5.41, 5.74) is 0. The van der Waals surface area contributed by atoms with Crippen molar-refractivity contribution in [1.29, 1.82) is 0 Å². The molecule has 1 unspecified atom stereocenters. The van der Waals surface area contributed by atoms with E-state index in [4.69, 9.17) is 0 Å². The van der Waals surface area contributed by atoms with Crippen LogP contribution in [0.5, 0.6) is 0 Å². The fourth-order valence-electron chi connectivity index (χ4n) is 2.42. The van der Waals surface area contributed by atoms with Gasteiger partial charge >= 0.3 is 0 Å². The van der Waals surface area contributed by atoms with Crippen molar-refractivity contribution in [2.75, 3.05) is 0 Å². The third-order valence-electron chi connectivity index (χ3n) is 3.68. The molecule has 2 rings (SSSR count). The van der Waals surface area contributed by atoms with Crippen LogP contribution in [-0.4, -0.2) is 13.2 Å². The molecule has 0 N–H and O–H groups in total. The predicted molar refractivity (Wildman–Crippen MR) is 74.3 cm³/mol. The number of hydrogen-bond acceptors (Lipinski definition) is 2. The number of hydrogen-bond donors (Lipinski definition) is 0. The first-order valence-electron chi connectivity index (χ1n) is 6.54. The van der Waals surface area contributed by atoms with E-state index >= 15 is 0 Å². The van der Waals surface area contributed by atoms with Crippen LogP contribution in [0, 0.1) is 0 Å². The van der Waals surface area contributed by atoms with Crippen molar-refractivity contribution < 1.29 is 8.42 Å². The second kappa shape index (κ2) is 5.27. The van der Waals surface area contributed by atoms with Gasteiger partial charge in [-0.15, -0.1) is 0 Å². The van der Waals surface area contributed by atoms with Crippen LogP contribution in [0.3, 0.4) is 0 Å². The van der Waals surface area contributed by atoms with Crippen LogP contribution in [0.2, 0.25) is 0 Å². The molecular weight excluding hydrogens is 244 g/mol. The Bertz CT molecular complexity index is 517. The minimum atomic E-state index is -3.29. The van der Waals surface area contributed by atoms with E-state index in [0.29, 0.717) is 11.3 Å². The van der Waals surface area contributed by atoms with E-state index < -0.39 is 14.6 Å². The summed E-state index contributed by atoms with van der Waals surface area (Å²) in [6.45, 7) is 1.84. The van der Waals surface area contributed by atoms with Gasteiger partial charge in [0, 0.05) is 0 Å². The molecule has 18 heavy (non-hydrogen) atoms. The van der Waals surface area contributed by atoms with Crippen LogP contribution in [-0.2, 0) is 9.84 Å². The Kier molecular flexibility index (Phi) is 3.91. The van der Waals surface area contributed by atoms with E-state index in [2.05, 4.69) is 0 Å².